The number of benzene rings is 2. The third-order valence-electron chi connectivity index (χ3n) is 2.63. The smallest absolute Gasteiger partial charge is 0.126 e. The van der Waals surface area contributed by atoms with Crippen molar-refractivity contribution < 1.29 is 9.13 Å². The van der Waals surface area contributed by atoms with Crippen LogP contribution < -0.4 is 4.74 Å². The van der Waals surface area contributed by atoms with Crippen LogP contribution in [0.15, 0.2) is 53.0 Å². The monoisotopic (exact) mass is 308 g/mol. The van der Waals surface area contributed by atoms with Crippen molar-refractivity contribution in [3.05, 3.63) is 64.4 Å². The highest BCUT2D eigenvalue weighted by Crippen LogP contribution is 2.16. The van der Waals surface area contributed by atoms with Crippen LogP contribution in [0, 0.1) is 5.82 Å². The summed E-state index contributed by atoms with van der Waals surface area (Å²) < 4.78 is 19.9. The number of hydrogen-bond donors (Lipinski definition) is 0. The summed E-state index contributed by atoms with van der Waals surface area (Å²) in [4.78, 5) is 0. The zero-order valence-corrected chi connectivity index (χ0v) is 11.5. The molecule has 0 saturated carbocycles. The van der Waals surface area contributed by atoms with E-state index in [4.69, 9.17) is 4.74 Å². The van der Waals surface area contributed by atoms with Crippen molar-refractivity contribution in [3.63, 3.8) is 0 Å². The first kappa shape index (κ1) is 13.1. The molecule has 0 fully saturated rings. The third kappa shape index (κ3) is 3.84. The van der Waals surface area contributed by atoms with E-state index in [0.717, 1.165) is 22.2 Å². The summed E-state index contributed by atoms with van der Waals surface area (Å²) in [5.41, 5.74) is 0.747. The molecule has 0 aliphatic rings. The van der Waals surface area contributed by atoms with Crippen LogP contribution in [0.25, 0.3) is 0 Å². The molecule has 0 N–H and O–H groups in total. The van der Waals surface area contributed by atoms with Gasteiger partial charge in [0.05, 0.1) is 6.61 Å². The van der Waals surface area contributed by atoms with Crippen LogP contribution in [0.5, 0.6) is 5.75 Å². The maximum Gasteiger partial charge on any atom is 0.126 e. The van der Waals surface area contributed by atoms with Crippen molar-refractivity contribution in [1.82, 2.24) is 0 Å². The quantitative estimate of drug-likeness (QED) is 0.734. The van der Waals surface area contributed by atoms with E-state index in [9.17, 15) is 4.39 Å². The van der Waals surface area contributed by atoms with Gasteiger partial charge >= 0.3 is 0 Å². The van der Waals surface area contributed by atoms with E-state index in [2.05, 4.69) is 15.9 Å². The van der Waals surface area contributed by atoms with E-state index in [-0.39, 0.29) is 5.82 Å². The number of rotatable bonds is 5. The second-order valence-electron chi connectivity index (χ2n) is 4.00. The molecule has 2 rings (SSSR count). The van der Waals surface area contributed by atoms with E-state index in [1.807, 2.05) is 36.4 Å². The van der Waals surface area contributed by atoms with Gasteiger partial charge in [0.15, 0.2) is 0 Å². The topological polar surface area (TPSA) is 9.23 Å². The van der Waals surface area contributed by atoms with Crippen LogP contribution in [0.1, 0.15) is 12.0 Å². The van der Waals surface area contributed by atoms with Crippen molar-refractivity contribution in [1.29, 1.82) is 0 Å². The van der Waals surface area contributed by atoms with Crippen LogP contribution in [-0.2, 0) is 6.42 Å². The van der Waals surface area contributed by atoms with Crippen molar-refractivity contribution in [3.8, 4) is 5.75 Å². The van der Waals surface area contributed by atoms with Crippen LogP contribution in [0.2, 0.25) is 0 Å². The van der Waals surface area contributed by atoms with Crippen LogP contribution in [0.3, 0.4) is 0 Å². The van der Waals surface area contributed by atoms with Gasteiger partial charge in [0.25, 0.3) is 0 Å². The summed E-state index contributed by atoms with van der Waals surface area (Å²) >= 11 is 3.37. The summed E-state index contributed by atoms with van der Waals surface area (Å²) in [6.07, 6.45) is 1.50. The summed E-state index contributed by atoms with van der Waals surface area (Å²) in [6, 6.07) is 14.6. The van der Waals surface area contributed by atoms with Crippen molar-refractivity contribution in [2.24, 2.45) is 0 Å². The highest BCUT2D eigenvalue weighted by Gasteiger charge is 2.00. The van der Waals surface area contributed by atoms with Gasteiger partial charge in [0.1, 0.15) is 11.6 Å². The lowest BCUT2D eigenvalue weighted by molar-refractivity contribution is 0.310. The fraction of sp³-hybridized carbons (Fsp3) is 0.200. The highest BCUT2D eigenvalue weighted by atomic mass is 79.9. The largest absolute Gasteiger partial charge is 0.494 e. The Morgan fingerprint density at radius 3 is 2.44 bits per heavy atom. The van der Waals surface area contributed by atoms with Gasteiger partial charge in [-0.15, -0.1) is 0 Å². The molecular weight excluding hydrogens is 295 g/mol. The molecular formula is C15H14BrFO. The van der Waals surface area contributed by atoms with Gasteiger partial charge in [0.2, 0.25) is 0 Å². The minimum absolute atomic E-state index is 0.138. The molecule has 0 saturated heterocycles. The number of aryl methyl sites for hydroxylation is 1. The Balaban J connectivity index is 1.76. The Bertz CT molecular complexity index is 496. The van der Waals surface area contributed by atoms with Crippen molar-refractivity contribution in [2.45, 2.75) is 12.8 Å². The molecule has 0 heterocycles. The van der Waals surface area contributed by atoms with Gasteiger partial charge in [-0.05, 0) is 48.7 Å². The van der Waals surface area contributed by atoms with Gasteiger partial charge in [-0.25, -0.2) is 4.39 Å². The maximum atomic E-state index is 13.3. The van der Waals surface area contributed by atoms with E-state index in [0.29, 0.717) is 13.0 Å². The molecule has 0 bridgehead atoms. The zero-order valence-electron chi connectivity index (χ0n) is 9.90. The van der Waals surface area contributed by atoms with Gasteiger partial charge in [-0.2, -0.15) is 0 Å². The summed E-state index contributed by atoms with van der Waals surface area (Å²) in [5, 5.41) is 0. The Hall–Kier alpha value is -1.35. The minimum atomic E-state index is -0.138. The summed E-state index contributed by atoms with van der Waals surface area (Å²) in [6.45, 7) is 0.593. The molecule has 2 aromatic rings. The fourth-order valence-corrected chi connectivity index (χ4v) is 1.95. The normalized spacial score (nSPS) is 10.3. The molecule has 0 radical (unpaired) electrons. The van der Waals surface area contributed by atoms with Crippen molar-refractivity contribution in [2.75, 3.05) is 6.61 Å². The minimum Gasteiger partial charge on any atom is -0.494 e. The van der Waals surface area contributed by atoms with Gasteiger partial charge in [-0.1, -0.05) is 34.1 Å². The van der Waals surface area contributed by atoms with E-state index < -0.39 is 0 Å². The average molecular weight is 309 g/mol. The predicted molar refractivity (Wildman–Crippen MR) is 74.4 cm³/mol. The second kappa shape index (κ2) is 6.55. The van der Waals surface area contributed by atoms with Gasteiger partial charge in [0, 0.05) is 4.47 Å². The standard InChI is InChI=1S/C15H14BrFO/c16-13-7-9-14(10-8-13)18-11-3-5-12-4-1-2-6-15(12)17/h1-2,4,6-10H,3,5,11H2. The third-order valence-corrected chi connectivity index (χ3v) is 3.16. The van der Waals surface area contributed by atoms with Crippen molar-refractivity contribution >= 4 is 15.9 Å². The molecule has 0 spiro atoms. The molecule has 1 nitrogen and oxygen atoms in total. The lowest BCUT2D eigenvalue weighted by Gasteiger charge is -2.06. The van der Waals surface area contributed by atoms with Crippen LogP contribution >= 0.6 is 15.9 Å². The maximum absolute atomic E-state index is 13.3. The molecule has 2 aromatic carbocycles. The number of hydrogen-bond acceptors (Lipinski definition) is 1. The lowest BCUT2D eigenvalue weighted by Crippen LogP contribution is -2.00. The van der Waals surface area contributed by atoms with Gasteiger partial charge < -0.3 is 4.74 Å². The first-order valence-electron chi connectivity index (χ1n) is 5.87. The first-order valence-corrected chi connectivity index (χ1v) is 6.67. The SMILES string of the molecule is Fc1ccccc1CCCOc1ccc(Br)cc1. The molecule has 94 valence electrons. The molecule has 0 amide bonds. The predicted octanol–water partition coefficient (Wildman–Crippen LogP) is 4.60. The molecule has 18 heavy (non-hydrogen) atoms. The molecule has 0 aliphatic carbocycles. The Morgan fingerprint density at radius 1 is 1.00 bits per heavy atom. The van der Waals surface area contributed by atoms with E-state index >= 15 is 0 Å². The number of halogens is 2. The van der Waals surface area contributed by atoms with E-state index in [1.165, 1.54) is 6.07 Å². The second-order valence-corrected chi connectivity index (χ2v) is 4.91. The first-order chi connectivity index (χ1) is 8.75. The Kier molecular flexibility index (Phi) is 4.76. The molecule has 0 unspecified atom stereocenters. The van der Waals surface area contributed by atoms with Crippen LogP contribution in [-0.4, -0.2) is 6.61 Å². The summed E-state index contributed by atoms with van der Waals surface area (Å²) in [7, 11) is 0. The summed E-state index contributed by atoms with van der Waals surface area (Å²) in [5.74, 6) is 0.702. The molecule has 0 aromatic heterocycles. The number of ether oxygens (including phenoxy) is 1. The average Bonchev–Trinajstić information content (AvgIpc) is 2.39. The molecule has 3 heteroatoms. The molecule has 0 aliphatic heterocycles. The Morgan fingerprint density at radius 2 is 1.72 bits per heavy atom. The zero-order chi connectivity index (χ0) is 12.8. The molecule has 0 atom stereocenters. The van der Waals surface area contributed by atoms with E-state index in [1.54, 1.807) is 6.07 Å². The Labute approximate surface area is 115 Å². The van der Waals surface area contributed by atoms with Crippen LogP contribution in [0.4, 0.5) is 4.39 Å². The highest BCUT2D eigenvalue weighted by molar-refractivity contribution is 9.10. The van der Waals surface area contributed by atoms with Gasteiger partial charge in [-0.3, -0.25) is 0 Å². The lowest BCUT2D eigenvalue weighted by atomic mass is 10.1. The fourth-order valence-electron chi connectivity index (χ4n) is 1.68.